The van der Waals surface area contributed by atoms with Crippen molar-refractivity contribution in [3.63, 3.8) is 0 Å². The number of guanidine groups is 1. The van der Waals surface area contributed by atoms with Gasteiger partial charge in [0.2, 0.25) is 5.91 Å². The molecule has 0 aliphatic rings. The molecule has 3 N–H and O–H groups in total. The first kappa shape index (κ1) is 21.9. The van der Waals surface area contributed by atoms with Crippen LogP contribution >= 0.6 is 23.2 Å². The van der Waals surface area contributed by atoms with Gasteiger partial charge in [-0.25, -0.2) is 18.2 Å². The van der Waals surface area contributed by atoms with E-state index in [-0.39, 0.29) is 13.1 Å². The zero-order valence-electron chi connectivity index (χ0n) is 15.0. The van der Waals surface area contributed by atoms with Gasteiger partial charge >= 0.3 is 0 Å². The fourth-order valence-electron chi connectivity index (χ4n) is 2.22. The van der Waals surface area contributed by atoms with Crippen molar-refractivity contribution in [2.24, 2.45) is 12.0 Å². The Hall–Kier alpha value is -2.39. The first-order valence-electron chi connectivity index (χ1n) is 8.19. The Kier molecular flexibility index (Phi) is 7.59. The molecular weight excluding hydrogens is 418 g/mol. The van der Waals surface area contributed by atoms with E-state index >= 15 is 0 Å². The lowest BCUT2D eigenvalue weighted by Gasteiger charge is -2.12. The van der Waals surface area contributed by atoms with E-state index in [1.54, 1.807) is 17.7 Å². The number of hydrogen-bond acceptors (Lipinski definition) is 2. The van der Waals surface area contributed by atoms with E-state index in [2.05, 4.69) is 20.9 Å². The fourth-order valence-corrected chi connectivity index (χ4v) is 2.64. The van der Waals surface area contributed by atoms with Crippen molar-refractivity contribution in [2.75, 3.05) is 18.4 Å². The molecule has 1 heterocycles. The molecular formula is C17H18Cl2F3N5O. The van der Waals surface area contributed by atoms with Crippen molar-refractivity contribution in [1.82, 2.24) is 15.2 Å². The van der Waals surface area contributed by atoms with Crippen molar-refractivity contribution in [2.45, 2.75) is 13.5 Å². The third-order valence-electron chi connectivity index (χ3n) is 3.68. The van der Waals surface area contributed by atoms with E-state index in [0.29, 0.717) is 22.7 Å². The number of carbonyl (C=O) groups is 1. The molecule has 0 atom stereocenters. The molecule has 0 aliphatic carbocycles. The van der Waals surface area contributed by atoms with E-state index in [4.69, 9.17) is 23.2 Å². The number of aliphatic imine (C=N–C) groups is 1. The molecule has 0 aliphatic heterocycles. The molecule has 0 unspecified atom stereocenters. The molecule has 28 heavy (non-hydrogen) atoms. The van der Waals surface area contributed by atoms with Gasteiger partial charge in [0.1, 0.15) is 5.15 Å². The lowest BCUT2D eigenvalue weighted by molar-refractivity contribution is -0.115. The zero-order valence-corrected chi connectivity index (χ0v) is 16.6. The molecule has 1 amide bonds. The van der Waals surface area contributed by atoms with Gasteiger partial charge in [-0.05, 0) is 25.1 Å². The van der Waals surface area contributed by atoms with Crippen molar-refractivity contribution < 1.29 is 18.0 Å². The van der Waals surface area contributed by atoms with Crippen LogP contribution < -0.4 is 16.0 Å². The quantitative estimate of drug-likeness (QED) is 0.369. The Morgan fingerprint density at radius 1 is 1.18 bits per heavy atom. The van der Waals surface area contributed by atoms with Crippen LogP contribution in [0, 0.1) is 17.5 Å². The molecule has 1 aromatic carbocycles. The summed E-state index contributed by atoms with van der Waals surface area (Å²) in [6.07, 6.45) is 0. The topological polar surface area (TPSA) is 70.5 Å². The Balaban J connectivity index is 1.99. The van der Waals surface area contributed by atoms with E-state index in [0.717, 1.165) is 17.8 Å². The minimum absolute atomic E-state index is 0.234. The largest absolute Gasteiger partial charge is 0.357 e. The second kappa shape index (κ2) is 9.70. The summed E-state index contributed by atoms with van der Waals surface area (Å²) in [7, 11) is 1.74. The molecule has 0 spiro atoms. The smallest absolute Gasteiger partial charge is 0.243 e. The second-order valence-electron chi connectivity index (χ2n) is 5.65. The Bertz CT molecular complexity index is 901. The maximum absolute atomic E-state index is 13.6. The summed E-state index contributed by atoms with van der Waals surface area (Å²) in [5.41, 5.74) is 0.293. The normalized spacial score (nSPS) is 11.5. The molecule has 11 heteroatoms. The number of amides is 1. The van der Waals surface area contributed by atoms with E-state index in [1.807, 2.05) is 6.92 Å². The third kappa shape index (κ3) is 5.32. The van der Waals surface area contributed by atoms with Crippen LogP contribution in [0.25, 0.3) is 0 Å². The lowest BCUT2D eigenvalue weighted by atomic mass is 10.2. The van der Waals surface area contributed by atoms with E-state index in [9.17, 15) is 18.0 Å². The third-order valence-corrected chi connectivity index (χ3v) is 4.53. The maximum atomic E-state index is 13.6. The van der Waals surface area contributed by atoms with Crippen LogP contribution in [-0.4, -0.2) is 29.5 Å². The summed E-state index contributed by atoms with van der Waals surface area (Å²) in [5.74, 6) is -4.81. The number of halogens is 5. The van der Waals surface area contributed by atoms with Crippen LogP contribution in [0.5, 0.6) is 0 Å². The monoisotopic (exact) mass is 435 g/mol. The molecule has 0 saturated carbocycles. The number of carbonyl (C=O) groups excluding carboxylic acids is 1. The number of anilines is 1. The maximum Gasteiger partial charge on any atom is 0.243 e. The predicted molar refractivity (Wildman–Crippen MR) is 103 cm³/mol. The van der Waals surface area contributed by atoms with Crippen LogP contribution in [-0.2, 0) is 18.4 Å². The average Bonchev–Trinajstić information content (AvgIpc) is 2.91. The van der Waals surface area contributed by atoms with Gasteiger partial charge in [-0.1, -0.05) is 23.2 Å². The van der Waals surface area contributed by atoms with Gasteiger partial charge in [0.15, 0.2) is 23.4 Å². The van der Waals surface area contributed by atoms with Gasteiger partial charge in [0.05, 0.1) is 23.8 Å². The molecule has 152 valence electrons. The number of rotatable bonds is 6. The SMILES string of the molecule is CCNC(=NCc1cc(Cl)c(Cl)n1C)NCC(=O)Nc1ccc(F)c(F)c1F. The lowest BCUT2D eigenvalue weighted by Crippen LogP contribution is -2.41. The van der Waals surface area contributed by atoms with E-state index < -0.39 is 29.0 Å². The summed E-state index contributed by atoms with van der Waals surface area (Å²) >= 11 is 12.0. The molecule has 6 nitrogen and oxygen atoms in total. The average molecular weight is 436 g/mol. The first-order valence-corrected chi connectivity index (χ1v) is 8.95. The molecule has 0 fully saturated rings. The number of benzene rings is 1. The first-order chi connectivity index (χ1) is 13.2. The van der Waals surface area contributed by atoms with Crippen LogP contribution in [0.3, 0.4) is 0 Å². The Labute approximate surface area is 169 Å². The van der Waals surface area contributed by atoms with Crippen molar-refractivity contribution in [3.8, 4) is 0 Å². The summed E-state index contributed by atoms with van der Waals surface area (Å²) in [6.45, 7) is 2.32. The number of hydrogen-bond donors (Lipinski definition) is 3. The Morgan fingerprint density at radius 2 is 1.89 bits per heavy atom. The van der Waals surface area contributed by atoms with Crippen molar-refractivity contribution in [1.29, 1.82) is 0 Å². The summed E-state index contributed by atoms with van der Waals surface area (Å²) < 4.78 is 41.4. The summed E-state index contributed by atoms with van der Waals surface area (Å²) in [4.78, 5) is 16.3. The predicted octanol–water partition coefficient (Wildman–Crippen LogP) is 3.44. The molecule has 0 radical (unpaired) electrons. The van der Waals surface area contributed by atoms with Crippen molar-refractivity contribution >= 4 is 40.8 Å². The molecule has 1 aromatic heterocycles. The number of nitrogens with zero attached hydrogens (tertiary/aromatic N) is 2. The molecule has 2 rings (SSSR count). The van der Waals surface area contributed by atoms with Crippen molar-refractivity contribution in [3.05, 3.63) is 51.5 Å². The number of aromatic nitrogens is 1. The van der Waals surface area contributed by atoms with Crippen LogP contribution in [0.15, 0.2) is 23.2 Å². The number of nitrogens with one attached hydrogen (secondary N) is 3. The molecule has 0 bridgehead atoms. The standard InChI is InChI=1S/C17H18Cl2F3N5O/c1-3-23-17(24-7-9-6-10(18)16(19)27(9)2)25-8-13(28)26-12-5-4-11(20)14(21)15(12)22/h4-6H,3,7-8H2,1-2H3,(H,26,28)(H2,23,24,25). The highest BCUT2D eigenvalue weighted by Crippen LogP contribution is 2.25. The highest BCUT2D eigenvalue weighted by Gasteiger charge is 2.15. The highest BCUT2D eigenvalue weighted by atomic mass is 35.5. The Morgan fingerprint density at radius 3 is 2.50 bits per heavy atom. The summed E-state index contributed by atoms with van der Waals surface area (Å²) in [6, 6.07) is 3.34. The van der Waals surface area contributed by atoms with Crippen LogP contribution in [0.4, 0.5) is 18.9 Å². The molecule has 0 saturated heterocycles. The van der Waals surface area contributed by atoms with Gasteiger partial charge in [-0.3, -0.25) is 4.79 Å². The fraction of sp³-hybridized carbons (Fsp3) is 0.294. The van der Waals surface area contributed by atoms with Gasteiger partial charge in [-0.15, -0.1) is 0 Å². The second-order valence-corrected chi connectivity index (χ2v) is 6.42. The summed E-state index contributed by atoms with van der Waals surface area (Å²) in [5, 5.41) is 8.65. The van der Waals surface area contributed by atoms with Crippen LogP contribution in [0.2, 0.25) is 10.2 Å². The van der Waals surface area contributed by atoms with Gasteiger partial charge in [-0.2, -0.15) is 0 Å². The zero-order chi connectivity index (χ0) is 20.8. The van der Waals surface area contributed by atoms with Crippen LogP contribution in [0.1, 0.15) is 12.6 Å². The minimum atomic E-state index is -1.65. The van der Waals surface area contributed by atoms with Gasteiger partial charge in [0, 0.05) is 19.3 Å². The van der Waals surface area contributed by atoms with E-state index in [1.165, 1.54) is 0 Å². The molecule has 2 aromatic rings. The minimum Gasteiger partial charge on any atom is -0.357 e. The van der Waals surface area contributed by atoms with Gasteiger partial charge in [0.25, 0.3) is 0 Å². The van der Waals surface area contributed by atoms with Gasteiger partial charge < -0.3 is 20.5 Å². The highest BCUT2D eigenvalue weighted by molar-refractivity contribution is 6.41.